The molecule has 0 aromatic rings. The second-order valence-electron chi connectivity index (χ2n) is 4.94. The lowest BCUT2D eigenvalue weighted by Crippen LogP contribution is -2.55. The van der Waals surface area contributed by atoms with Crippen molar-refractivity contribution in [2.24, 2.45) is 22.8 Å². The van der Waals surface area contributed by atoms with Gasteiger partial charge in [0, 0.05) is 5.41 Å². The third kappa shape index (κ3) is 1.75. The van der Waals surface area contributed by atoms with Gasteiger partial charge >= 0.3 is 0 Å². The molecule has 0 saturated heterocycles. The number of rotatable bonds is 1. The van der Waals surface area contributed by atoms with Crippen molar-refractivity contribution in [3.63, 3.8) is 0 Å². The van der Waals surface area contributed by atoms with E-state index in [2.05, 4.69) is 11.4 Å². The highest BCUT2D eigenvalue weighted by Gasteiger charge is 2.51. The maximum Gasteiger partial charge on any atom is 0.228 e. The van der Waals surface area contributed by atoms with Crippen molar-refractivity contribution in [3.8, 4) is 6.07 Å². The summed E-state index contributed by atoms with van der Waals surface area (Å²) < 4.78 is 0. The maximum absolute atomic E-state index is 11.7. The van der Waals surface area contributed by atoms with E-state index in [1.165, 1.54) is 0 Å². The molecule has 18 heavy (non-hydrogen) atoms. The molecule has 1 aliphatic carbocycles. The van der Waals surface area contributed by atoms with Gasteiger partial charge in [0.1, 0.15) is 5.82 Å². The number of nitrogens with zero attached hydrogens (tertiary/aromatic N) is 1. The minimum Gasteiger partial charge on any atom is -0.384 e. The zero-order chi connectivity index (χ0) is 13.3. The molecule has 1 fully saturated rings. The average molecular weight is 264 g/mol. The summed E-state index contributed by atoms with van der Waals surface area (Å²) in [4.78, 5) is 12.1. The summed E-state index contributed by atoms with van der Waals surface area (Å²) >= 11 is 5.20. The van der Waals surface area contributed by atoms with Crippen molar-refractivity contribution in [2.75, 3.05) is 0 Å². The van der Waals surface area contributed by atoms with Gasteiger partial charge in [-0.2, -0.15) is 5.26 Å². The minimum atomic E-state index is -0.616. The fraction of sp³-hybridized carbons (Fsp3) is 0.583. The van der Waals surface area contributed by atoms with Gasteiger partial charge in [0.15, 0.2) is 0 Å². The predicted octanol–water partition coefficient (Wildman–Crippen LogP) is 0.663. The zero-order valence-electron chi connectivity index (χ0n) is 10.0. The van der Waals surface area contributed by atoms with E-state index in [1.54, 1.807) is 0 Å². The van der Waals surface area contributed by atoms with Crippen LogP contribution >= 0.6 is 12.2 Å². The fourth-order valence-corrected chi connectivity index (χ4v) is 3.68. The van der Waals surface area contributed by atoms with Crippen LogP contribution in [0.5, 0.6) is 0 Å². The van der Waals surface area contributed by atoms with Gasteiger partial charge < -0.3 is 16.8 Å². The molecule has 2 aliphatic rings. The van der Waals surface area contributed by atoms with Crippen LogP contribution in [0, 0.1) is 22.7 Å². The number of hydrogen-bond acceptors (Lipinski definition) is 4. The van der Waals surface area contributed by atoms with E-state index in [9.17, 15) is 10.1 Å². The van der Waals surface area contributed by atoms with E-state index in [1.807, 2.05) is 0 Å². The largest absolute Gasteiger partial charge is 0.384 e. The Kier molecular flexibility index (Phi) is 3.26. The standard InChI is InChI=1S/C12H16N4OS/c13-6-7-9(14)16-11(18)8(10(15)17)12(7)4-2-1-3-5-12/h8H,1-5,14H2,(H2,15,17)(H,16,18)/t8-/m0/s1. The molecule has 1 aliphatic heterocycles. The molecule has 6 heteroatoms. The molecule has 2 rings (SSSR count). The van der Waals surface area contributed by atoms with Gasteiger partial charge in [-0.05, 0) is 12.8 Å². The summed E-state index contributed by atoms with van der Waals surface area (Å²) in [7, 11) is 0. The van der Waals surface area contributed by atoms with Crippen molar-refractivity contribution in [3.05, 3.63) is 11.4 Å². The molecule has 1 spiro atoms. The monoisotopic (exact) mass is 264 g/mol. The molecule has 0 radical (unpaired) electrons. The van der Waals surface area contributed by atoms with Gasteiger partial charge in [0.25, 0.3) is 0 Å². The number of nitrogens with one attached hydrogen (secondary N) is 1. The first-order chi connectivity index (χ1) is 8.53. The Balaban J connectivity index is 2.57. The minimum absolute atomic E-state index is 0.280. The van der Waals surface area contributed by atoms with E-state index in [0.29, 0.717) is 10.6 Å². The quantitative estimate of drug-likeness (QED) is 0.603. The van der Waals surface area contributed by atoms with Gasteiger partial charge in [0.05, 0.1) is 22.5 Å². The van der Waals surface area contributed by atoms with Crippen LogP contribution in [-0.4, -0.2) is 10.9 Å². The SMILES string of the molecule is N#CC1=C(N)NC(=S)[C@H](C(N)=O)C12CCCCC2. The number of nitriles is 1. The normalized spacial score (nSPS) is 26.6. The van der Waals surface area contributed by atoms with Crippen LogP contribution in [0.3, 0.4) is 0 Å². The van der Waals surface area contributed by atoms with Crippen LogP contribution in [-0.2, 0) is 4.79 Å². The number of amides is 1. The van der Waals surface area contributed by atoms with E-state index in [-0.39, 0.29) is 5.82 Å². The molecule has 0 bridgehead atoms. The van der Waals surface area contributed by atoms with Gasteiger partial charge in [-0.3, -0.25) is 4.79 Å². The van der Waals surface area contributed by atoms with Crippen LogP contribution in [0.2, 0.25) is 0 Å². The second-order valence-corrected chi connectivity index (χ2v) is 5.38. The Morgan fingerprint density at radius 1 is 1.44 bits per heavy atom. The molecule has 1 atom stereocenters. The first-order valence-electron chi connectivity index (χ1n) is 6.03. The number of nitrogens with two attached hydrogens (primary N) is 2. The lowest BCUT2D eigenvalue weighted by atomic mass is 9.60. The van der Waals surface area contributed by atoms with Crippen molar-refractivity contribution in [1.29, 1.82) is 5.26 Å². The van der Waals surface area contributed by atoms with Crippen LogP contribution in [0.1, 0.15) is 32.1 Å². The molecule has 5 N–H and O–H groups in total. The summed E-state index contributed by atoms with van der Waals surface area (Å²) in [6.07, 6.45) is 4.51. The van der Waals surface area contributed by atoms with Crippen LogP contribution < -0.4 is 16.8 Å². The van der Waals surface area contributed by atoms with Crippen LogP contribution in [0.15, 0.2) is 11.4 Å². The molecule has 0 aromatic carbocycles. The Hall–Kier alpha value is -1.61. The van der Waals surface area contributed by atoms with Crippen LogP contribution in [0.25, 0.3) is 0 Å². The van der Waals surface area contributed by atoms with E-state index < -0.39 is 17.2 Å². The van der Waals surface area contributed by atoms with E-state index in [4.69, 9.17) is 23.7 Å². The summed E-state index contributed by atoms with van der Waals surface area (Å²) in [5.41, 5.74) is 11.2. The molecule has 1 heterocycles. The Morgan fingerprint density at radius 2 is 2.06 bits per heavy atom. The third-order valence-corrected chi connectivity index (χ3v) is 4.32. The first-order valence-corrected chi connectivity index (χ1v) is 6.44. The lowest BCUT2D eigenvalue weighted by molar-refractivity contribution is -0.123. The smallest absolute Gasteiger partial charge is 0.228 e. The van der Waals surface area contributed by atoms with Gasteiger partial charge in [-0.15, -0.1) is 0 Å². The Bertz CT molecular complexity index is 471. The maximum atomic E-state index is 11.7. The van der Waals surface area contributed by atoms with Crippen molar-refractivity contribution < 1.29 is 4.79 Å². The van der Waals surface area contributed by atoms with Crippen molar-refractivity contribution in [2.45, 2.75) is 32.1 Å². The van der Waals surface area contributed by atoms with Gasteiger partial charge in [-0.1, -0.05) is 31.5 Å². The molecule has 1 saturated carbocycles. The van der Waals surface area contributed by atoms with Crippen LogP contribution in [0.4, 0.5) is 0 Å². The highest BCUT2D eigenvalue weighted by molar-refractivity contribution is 7.80. The number of carbonyl (C=O) groups is 1. The third-order valence-electron chi connectivity index (χ3n) is 3.98. The molecular formula is C12H16N4OS. The van der Waals surface area contributed by atoms with Gasteiger partial charge in [0.2, 0.25) is 5.91 Å². The fourth-order valence-electron chi connectivity index (χ4n) is 3.23. The molecule has 5 nitrogen and oxygen atoms in total. The van der Waals surface area contributed by atoms with E-state index in [0.717, 1.165) is 32.1 Å². The summed E-state index contributed by atoms with van der Waals surface area (Å²) in [6.45, 7) is 0. The number of hydrogen-bond donors (Lipinski definition) is 3. The highest BCUT2D eigenvalue weighted by Crippen LogP contribution is 2.50. The molecular weight excluding hydrogens is 248 g/mol. The average Bonchev–Trinajstić information content (AvgIpc) is 2.29. The Labute approximate surface area is 111 Å². The first kappa shape index (κ1) is 12.8. The topological polar surface area (TPSA) is 105 Å². The number of carbonyl (C=O) groups excluding carboxylic acids is 1. The molecule has 1 amide bonds. The lowest BCUT2D eigenvalue weighted by Gasteiger charge is -2.45. The molecule has 0 unspecified atom stereocenters. The van der Waals surface area contributed by atoms with Gasteiger partial charge in [-0.25, -0.2) is 0 Å². The van der Waals surface area contributed by atoms with Crippen molar-refractivity contribution in [1.82, 2.24) is 5.32 Å². The predicted molar refractivity (Wildman–Crippen MR) is 70.8 cm³/mol. The molecule has 96 valence electrons. The number of allylic oxidation sites excluding steroid dienone is 1. The second kappa shape index (κ2) is 4.58. The molecule has 0 aromatic heterocycles. The highest BCUT2D eigenvalue weighted by atomic mass is 32.1. The summed E-state index contributed by atoms with van der Waals surface area (Å²) in [6, 6.07) is 2.14. The van der Waals surface area contributed by atoms with Crippen molar-refractivity contribution >= 4 is 23.1 Å². The number of primary amides is 1. The Morgan fingerprint density at radius 3 is 2.56 bits per heavy atom. The summed E-state index contributed by atoms with van der Waals surface area (Å²) in [5.74, 6) is -0.814. The number of thiocarbonyl (C=S) groups is 1. The summed E-state index contributed by atoms with van der Waals surface area (Å²) in [5, 5.41) is 12.1. The zero-order valence-corrected chi connectivity index (χ0v) is 10.8. The van der Waals surface area contributed by atoms with E-state index >= 15 is 0 Å².